The molecule has 0 spiro atoms. The van der Waals surface area contributed by atoms with Gasteiger partial charge in [0.25, 0.3) is 10.0 Å². The van der Waals surface area contributed by atoms with Gasteiger partial charge in [-0.15, -0.1) is 0 Å². The fourth-order valence-corrected chi connectivity index (χ4v) is 3.11. The molecule has 112 valence electrons. The highest BCUT2D eigenvalue weighted by molar-refractivity contribution is 7.92. The van der Waals surface area contributed by atoms with Gasteiger partial charge >= 0.3 is 0 Å². The second kappa shape index (κ2) is 5.81. The zero-order valence-electron chi connectivity index (χ0n) is 11.6. The van der Waals surface area contributed by atoms with Gasteiger partial charge in [0.15, 0.2) is 0 Å². The Balaban J connectivity index is 2.42. The van der Waals surface area contributed by atoms with E-state index in [1.165, 1.54) is 0 Å². The molecule has 0 saturated heterocycles. The van der Waals surface area contributed by atoms with E-state index in [1.54, 1.807) is 24.3 Å². The normalized spacial score (nSPS) is 11.7. The molecule has 0 heterocycles. The molecular formula is C15H15F2NO2S. The van der Waals surface area contributed by atoms with Gasteiger partial charge in [-0.2, -0.15) is 0 Å². The number of nitrogens with one attached hydrogen (secondary N) is 1. The summed E-state index contributed by atoms with van der Waals surface area (Å²) in [5.74, 6) is -1.77. The second-order valence-electron chi connectivity index (χ2n) is 4.95. The number of anilines is 1. The van der Waals surface area contributed by atoms with Gasteiger partial charge < -0.3 is 0 Å². The quantitative estimate of drug-likeness (QED) is 0.931. The first-order valence-electron chi connectivity index (χ1n) is 6.37. The van der Waals surface area contributed by atoms with E-state index in [2.05, 4.69) is 4.72 Å². The van der Waals surface area contributed by atoms with E-state index < -0.39 is 26.6 Å². The molecule has 1 N–H and O–H groups in total. The van der Waals surface area contributed by atoms with Crippen LogP contribution < -0.4 is 4.72 Å². The molecule has 0 bridgehead atoms. The maximum absolute atomic E-state index is 13.2. The van der Waals surface area contributed by atoms with Crippen molar-refractivity contribution in [3.05, 3.63) is 59.7 Å². The van der Waals surface area contributed by atoms with Gasteiger partial charge in [0.2, 0.25) is 0 Å². The van der Waals surface area contributed by atoms with Crippen LogP contribution in [0.3, 0.4) is 0 Å². The highest BCUT2D eigenvalue weighted by atomic mass is 32.2. The van der Waals surface area contributed by atoms with Crippen LogP contribution in [-0.4, -0.2) is 8.42 Å². The first-order chi connectivity index (χ1) is 9.79. The minimum Gasteiger partial charge on any atom is -0.279 e. The zero-order chi connectivity index (χ0) is 15.6. The summed E-state index contributed by atoms with van der Waals surface area (Å²) in [7, 11) is -4.04. The Morgan fingerprint density at radius 2 is 1.57 bits per heavy atom. The van der Waals surface area contributed by atoms with Gasteiger partial charge in [0.05, 0.1) is 10.6 Å². The summed E-state index contributed by atoms with van der Waals surface area (Å²) in [6, 6.07) is 9.09. The van der Waals surface area contributed by atoms with Crippen molar-refractivity contribution in [2.45, 2.75) is 24.7 Å². The van der Waals surface area contributed by atoms with Crippen molar-refractivity contribution in [3.63, 3.8) is 0 Å². The summed E-state index contributed by atoms with van der Waals surface area (Å²) >= 11 is 0. The first-order valence-corrected chi connectivity index (χ1v) is 7.86. The summed E-state index contributed by atoms with van der Waals surface area (Å²) < 4.78 is 53.2. The molecule has 3 nitrogen and oxygen atoms in total. The van der Waals surface area contributed by atoms with E-state index in [-0.39, 0.29) is 5.92 Å². The van der Waals surface area contributed by atoms with Crippen LogP contribution >= 0.6 is 0 Å². The largest absolute Gasteiger partial charge is 0.279 e. The lowest BCUT2D eigenvalue weighted by molar-refractivity contribution is 0.568. The average Bonchev–Trinajstić information content (AvgIpc) is 2.37. The second-order valence-corrected chi connectivity index (χ2v) is 6.64. The maximum Gasteiger partial charge on any atom is 0.262 e. The van der Waals surface area contributed by atoms with Crippen molar-refractivity contribution in [2.75, 3.05) is 4.72 Å². The number of benzene rings is 2. The molecule has 2 aromatic rings. The molecule has 0 aromatic heterocycles. The van der Waals surface area contributed by atoms with Crippen LogP contribution in [0, 0.1) is 11.6 Å². The van der Waals surface area contributed by atoms with Crippen LogP contribution in [0.15, 0.2) is 47.4 Å². The lowest BCUT2D eigenvalue weighted by Crippen LogP contribution is -2.15. The molecule has 0 aliphatic carbocycles. The van der Waals surface area contributed by atoms with Crippen LogP contribution in [0.4, 0.5) is 14.5 Å². The van der Waals surface area contributed by atoms with Crippen molar-refractivity contribution in [1.29, 1.82) is 0 Å². The van der Waals surface area contributed by atoms with Crippen LogP contribution in [-0.2, 0) is 10.0 Å². The summed E-state index contributed by atoms with van der Waals surface area (Å²) in [4.78, 5) is -0.446. The van der Waals surface area contributed by atoms with Gasteiger partial charge in [0.1, 0.15) is 11.6 Å². The van der Waals surface area contributed by atoms with Gasteiger partial charge in [-0.05, 0) is 29.7 Å². The van der Waals surface area contributed by atoms with Gasteiger partial charge in [-0.1, -0.05) is 32.0 Å². The monoisotopic (exact) mass is 311 g/mol. The minimum atomic E-state index is -4.04. The Morgan fingerprint density at radius 1 is 1.00 bits per heavy atom. The molecule has 0 fully saturated rings. The van der Waals surface area contributed by atoms with E-state index in [0.29, 0.717) is 11.8 Å². The Bertz CT molecular complexity index is 738. The standard InChI is InChI=1S/C15H15F2NO2S/c1-10(2)14-5-3-4-6-15(14)18-21(19,20)13-8-11(16)7-12(17)9-13/h3-10,18H,1-2H3. The number of hydrogen-bond acceptors (Lipinski definition) is 2. The van der Waals surface area contributed by atoms with E-state index in [1.807, 2.05) is 13.8 Å². The molecule has 0 radical (unpaired) electrons. The number of rotatable bonds is 4. The molecule has 0 unspecified atom stereocenters. The van der Waals surface area contributed by atoms with E-state index >= 15 is 0 Å². The average molecular weight is 311 g/mol. The Labute approximate surface area is 122 Å². The molecule has 0 aliphatic heterocycles. The van der Waals surface area contributed by atoms with Gasteiger partial charge in [-0.25, -0.2) is 17.2 Å². The van der Waals surface area contributed by atoms with E-state index in [0.717, 1.165) is 17.7 Å². The topological polar surface area (TPSA) is 46.2 Å². The molecule has 2 rings (SSSR count). The van der Waals surface area contributed by atoms with Crippen LogP contribution in [0.5, 0.6) is 0 Å². The smallest absolute Gasteiger partial charge is 0.262 e. The molecule has 0 aliphatic rings. The van der Waals surface area contributed by atoms with E-state index in [4.69, 9.17) is 0 Å². The maximum atomic E-state index is 13.2. The highest BCUT2D eigenvalue weighted by Gasteiger charge is 2.18. The van der Waals surface area contributed by atoms with Crippen molar-refractivity contribution < 1.29 is 17.2 Å². The van der Waals surface area contributed by atoms with E-state index in [9.17, 15) is 17.2 Å². The van der Waals surface area contributed by atoms with Crippen molar-refractivity contribution in [2.24, 2.45) is 0 Å². The number of sulfonamides is 1. The molecule has 2 aromatic carbocycles. The van der Waals surface area contributed by atoms with Crippen LogP contribution in [0.1, 0.15) is 25.3 Å². The third-order valence-electron chi connectivity index (χ3n) is 2.97. The lowest BCUT2D eigenvalue weighted by Gasteiger charge is -2.15. The van der Waals surface area contributed by atoms with Crippen molar-refractivity contribution in [3.8, 4) is 0 Å². The number of para-hydroxylation sites is 1. The fraction of sp³-hybridized carbons (Fsp3) is 0.200. The Hall–Kier alpha value is -1.95. The first kappa shape index (κ1) is 15.4. The number of hydrogen-bond donors (Lipinski definition) is 1. The van der Waals surface area contributed by atoms with Gasteiger partial charge in [-0.3, -0.25) is 4.72 Å². The fourth-order valence-electron chi connectivity index (χ4n) is 1.98. The minimum absolute atomic E-state index is 0.105. The third kappa shape index (κ3) is 3.58. The summed E-state index contributed by atoms with van der Waals surface area (Å²) in [6.07, 6.45) is 0. The highest BCUT2D eigenvalue weighted by Crippen LogP contribution is 2.26. The van der Waals surface area contributed by atoms with Crippen molar-refractivity contribution >= 4 is 15.7 Å². The van der Waals surface area contributed by atoms with Crippen molar-refractivity contribution in [1.82, 2.24) is 0 Å². The summed E-state index contributed by atoms with van der Waals surface area (Å²) in [5.41, 5.74) is 1.20. The molecule has 6 heteroatoms. The molecule has 0 amide bonds. The molecule has 21 heavy (non-hydrogen) atoms. The third-order valence-corrected chi connectivity index (χ3v) is 4.32. The predicted octanol–water partition coefficient (Wildman–Crippen LogP) is 3.89. The summed E-state index contributed by atoms with van der Waals surface area (Å²) in [6.45, 7) is 3.85. The van der Waals surface area contributed by atoms with Gasteiger partial charge in [0, 0.05) is 6.07 Å². The predicted molar refractivity (Wildman–Crippen MR) is 77.7 cm³/mol. The van der Waals surface area contributed by atoms with Crippen LogP contribution in [0.25, 0.3) is 0 Å². The molecule has 0 atom stereocenters. The number of halogens is 2. The SMILES string of the molecule is CC(C)c1ccccc1NS(=O)(=O)c1cc(F)cc(F)c1. The Kier molecular flexibility index (Phi) is 4.27. The summed E-state index contributed by atoms with van der Waals surface area (Å²) in [5, 5.41) is 0. The lowest BCUT2D eigenvalue weighted by atomic mass is 10.0. The zero-order valence-corrected chi connectivity index (χ0v) is 12.4. The molecule has 0 saturated carbocycles. The Morgan fingerprint density at radius 3 is 2.14 bits per heavy atom. The molecular weight excluding hydrogens is 296 g/mol. The van der Waals surface area contributed by atoms with Crippen LogP contribution in [0.2, 0.25) is 0 Å².